The second kappa shape index (κ2) is 5.81. The monoisotopic (exact) mass is 370 g/mol. The Bertz CT molecular complexity index is 561. The van der Waals surface area contributed by atoms with E-state index in [0.29, 0.717) is 10.9 Å². The molecule has 2 fully saturated rings. The molecule has 3 rings (SSSR count). The van der Waals surface area contributed by atoms with E-state index in [1.807, 2.05) is 18.2 Å². The number of hydrogen-bond donors (Lipinski definition) is 2. The van der Waals surface area contributed by atoms with Gasteiger partial charge in [0, 0.05) is 10.2 Å². The molecule has 114 valence electrons. The molecule has 3 nitrogen and oxygen atoms in total. The third-order valence-electron chi connectivity index (χ3n) is 4.85. The van der Waals surface area contributed by atoms with Crippen LogP contribution in [0.4, 0.5) is 5.69 Å². The minimum Gasteiger partial charge on any atom is -0.371 e. The number of nitrogens with one attached hydrogen (secondary N) is 1. The van der Waals surface area contributed by atoms with Crippen molar-refractivity contribution in [1.82, 2.24) is 0 Å². The van der Waals surface area contributed by atoms with Gasteiger partial charge in [-0.1, -0.05) is 18.0 Å². The zero-order chi connectivity index (χ0) is 15.0. The average molecular weight is 372 g/mol. The molecule has 2 atom stereocenters. The Morgan fingerprint density at radius 2 is 2.10 bits per heavy atom. The van der Waals surface area contributed by atoms with Gasteiger partial charge in [-0.25, -0.2) is 0 Å². The van der Waals surface area contributed by atoms with Crippen LogP contribution in [0, 0.1) is 11.8 Å². The second-order valence-electron chi connectivity index (χ2n) is 6.39. The maximum absolute atomic E-state index is 12.1. The molecule has 2 saturated carbocycles. The summed E-state index contributed by atoms with van der Waals surface area (Å²) in [6.07, 6.45) is 6.58. The number of rotatable bonds is 4. The molecule has 2 aliphatic carbocycles. The summed E-state index contributed by atoms with van der Waals surface area (Å²) in [7, 11) is 0. The standard InChI is InChI=1S/C16H20BrClN2O/c17-13-8-12(5-6-14(13)18)20-16(15(19)21)7-1-2-11(9-16)10-3-4-10/h5-6,8,10-11,20H,1-4,7,9H2,(H2,19,21). The van der Waals surface area contributed by atoms with Crippen molar-refractivity contribution in [2.45, 2.75) is 44.1 Å². The summed E-state index contributed by atoms with van der Waals surface area (Å²) in [5.41, 5.74) is 6.04. The predicted molar refractivity (Wildman–Crippen MR) is 89.4 cm³/mol. The van der Waals surface area contributed by atoms with Gasteiger partial charge in [0.25, 0.3) is 0 Å². The summed E-state index contributed by atoms with van der Waals surface area (Å²) in [6.45, 7) is 0. The van der Waals surface area contributed by atoms with Crippen molar-refractivity contribution in [3.05, 3.63) is 27.7 Å². The molecule has 2 aliphatic rings. The fraction of sp³-hybridized carbons (Fsp3) is 0.562. The summed E-state index contributed by atoms with van der Waals surface area (Å²) in [4.78, 5) is 12.1. The van der Waals surface area contributed by atoms with E-state index in [1.54, 1.807) is 0 Å². The highest BCUT2D eigenvalue weighted by Gasteiger charge is 2.45. The minimum absolute atomic E-state index is 0.237. The summed E-state index contributed by atoms with van der Waals surface area (Å²) in [5.74, 6) is 1.20. The van der Waals surface area contributed by atoms with Crippen LogP contribution in [0.15, 0.2) is 22.7 Å². The van der Waals surface area contributed by atoms with Gasteiger partial charge in [-0.3, -0.25) is 4.79 Å². The minimum atomic E-state index is -0.612. The molecule has 0 heterocycles. The fourth-order valence-electron chi connectivity index (χ4n) is 3.54. The van der Waals surface area contributed by atoms with Crippen molar-refractivity contribution in [2.24, 2.45) is 17.6 Å². The number of anilines is 1. The zero-order valence-corrected chi connectivity index (χ0v) is 14.2. The zero-order valence-electron chi connectivity index (χ0n) is 11.9. The number of benzene rings is 1. The lowest BCUT2D eigenvalue weighted by molar-refractivity contribution is -0.124. The molecule has 1 aromatic rings. The number of amides is 1. The third kappa shape index (κ3) is 3.21. The summed E-state index contributed by atoms with van der Waals surface area (Å²) >= 11 is 9.45. The fourth-order valence-corrected chi connectivity index (χ4v) is 4.03. The molecule has 0 radical (unpaired) electrons. The van der Waals surface area contributed by atoms with Gasteiger partial charge in [-0.15, -0.1) is 0 Å². The number of carbonyl (C=O) groups excluding carboxylic acids is 1. The number of nitrogens with two attached hydrogens (primary N) is 1. The maximum atomic E-state index is 12.1. The van der Waals surface area contributed by atoms with E-state index in [-0.39, 0.29) is 5.91 Å². The number of carbonyl (C=O) groups is 1. The molecule has 1 amide bonds. The van der Waals surface area contributed by atoms with Crippen LogP contribution < -0.4 is 11.1 Å². The highest BCUT2D eigenvalue weighted by molar-refractivity contribution is 9.10. The highest BCUT2D eigenvalue weighted by Crippen LogP contribution is 2.47. The lowest BCUT2D eigenvalue weighted by atomic mass is 9.73. The van der Waals surface area contributed by atoms with Crippen molar-refractivity contribution in [3.63, 3.8) is 0 Å². The van der Waals surface area contributed by atoms with E-state index < -0.39 is 5.54 Å². The van der Waals surface area contributed by atoms with Gasteiger partial charge in [0.15, 0.2) is 0 Å². The molecule has 0 spiro atoms. The second-order valence-corrected chi connectivity index (χ2v) is 7.66. The third-order valence-corrected chi connectivity index (χ3v) is 6.07. The Balaban J connectivity index is 1.82. The summed E-state index contributed by atoms with van der Waals surface area (Å²) in [6, 6.07) is 5.64. The number of halogens is 2. The molecular formula is C16H20BrClN2O. The van der Waals surface area contributed by atoms with Crippen molar-refractivity contribution >= 4 is 39.1 Å². The van der Waals surface area contributed by atoms with Crippen molar-refractivity contribution < 1.29 is 4.79 Å². The summed E-state index contributed by atoms with van der Waals surface area (Å²) < 4.78 is 0.823. The van der Waals surface area contributed by atoms with Gasteiger partial charge >= 0.3 is 0 Å². The van der Waals surface area contributed by atoms with E-state index in [0.717, 1.165) is 35.3 Å². The largest absolute Gasteiger partial charge is 0.371 e. The first-order valence-corrected chi connectivity index (χ1v) is 8.70. The highest BCUT2D eigenvalue weighted by atomic mass is 79.9. The average Bonchev–Trinajstić information content (AvgIpc) is 3.28. The van der Waals surface area contributed by atoms with Crippen LogP contribution >= 0.6 is 27.5 Å². The van der Waals surface area contributed by atoms with Crippen LogP contribution in [0.3, 0.4) is 0 Å². The molecular weight excluding hydrogens is 352 g/mol. The SMILES string of the molecule is NC(=O)C1(Nc2ccc(Cl)c(Br)c2)CCCC(C2CC2)C1. The Kier molecular flexibility index (Phi) is 4.19. The van der Waals surface area contributed by atoms with Gasteiger partial charge < -0.3 is 11.1 Å². The van der Waals surface area contributed by atoms with Crippen molar-refractivity contribution in [3.8, 4) is 0 Å². The van der Waals surface area contributed by atoms with Gasteiger partial charge in [-0.05, 0) is 78.1 Å². The molecule has 0 aliphatic heterocycles. The van der Waals surface area contributed by atoms with Crippen LogP contribution in [0.5, 0.6) is 0 Å². The van der Waals surface area contributed by atoms with Gasteiger partial charge in [-0.2, -0.15) is 0 Å². The van der Waals surface area contributed by atoms with Crippen LogP contribution in [0.2, 0.25) is 5.02 Å². The Morgan fingerprint density at radius 1 is 1.33 bits per heavy atom. The van der Waals surface area contributed by atoms with E-state index in [4.69, 9.17) is 17.3 Å². The normalized spacial score (nSPS) is 29.1. The molecule has 0 aromatic heterocycles. The number of primary amides is 1. The van der Waals surface area contributed by atoms with E-state index in [2.05, 4.69) is 21.2 Å². The molecule has 1 aromatic carbocycles. The van der Waals surface area contributed by atoms with Crippen molar-refractivity contribution in [2.75, 3.05) is 5.32 Å². The molecule has 2 unspecified atom stereocenters. The first kappa shape index (κ1) is 15.2. The molecule has 0 saturated heterocycles. The summed E-state index contributed by atoms with van der Waals surface area (Å²) in [5, 5.41) is 4.07. The van der Waals surface area contributed by atoms with E-state index >= 15 is 0 Å². The first-order chi connectivity index (χ1) is 10.00. The van der Waals surface area contributed by atoms with Crippen LogP contribution in [0.1, 0.15) is 38.5 Å². The number of hydrogen-bond acceptors (Lipinski definition) is 2. The predicted octanol–water partition coefficient (Wildman–Crippen LogP) is 4.34. The quantitative estimate of drug-likeness (QED) is 0.827. The maximum Gasteiger partial charge on any atom is 0.243 e. The molecule has 0 bridgehead atoms. The van der Waals surface area contributed by atoms with Crippen LogP contribution in [-0.2, 0) is 4.79 Å². The van der Waals surface area contributed by atoms with Crippen LogP contribution in [0.25, 0.3) is 0 Å². The molecule has 5 heteroatoms. The van der Waals surface area contributed by atoms with Gasteiger partial charge in [0.2, 0.25) is 5.91 Å². The Labute approximate surface area is 138 Å². The van der Waals surface area contributed by atoms with E-state index in [9.17, 15) is 4.79 Å². The lowest BCUT2D eigenvalue weighted by Gasteiger charge is -2.40. The molecule has 21 heavy (non-hydrogen) atoms. The van der Waals surface area contributed by atoms with Gasteiger partial charge in [0.1, 0.15) is 5.54 Å². The Hall–Kier alpha value is -0.740. The lowest BCUT2D eigenvalue weighted by Crippen LogP contribution is -2.53. The molecule has 3 N–H and O–H groups in total. The van der Waals surface area contributed by atoms with Crippen LogP contribution in [-0.4, -0.2) is 11.4 Å². The van der Waals surface area contributed by atoms with E-state index in [1.165, 1.54) is 19.3 Å². The van der Waals surface area contributed by atoms with Crippen molar-refractivity contribution in [1.29, 1.82) is 0 Å². The first-order valence-electron chi connectivity index (χ1n) is 7.53. The smallest absolute Gasteiger partial charge is 0.243 e. The van der Waals surface area contributed by atoms with Gasteiger partial charge in [0.05, 0.1) is 5.02 Å². The topological polar surface area (TPSA) is 55.1 Å². The Morgan fingerprint density at radius 3 is 2.71 bits per heavy atom.